The van der Waals surface area contributed by atoms with Gasteiger partial charge in [0.25, 0.3) is 0 Å². The SMILES string of the molecule is O=C(O)c1ccc(C=C(CCOc2cccc3ccccc23)CN2CCCC2)cc1. The first-order valence-corrected chi connectivity index (χ1v) is 10.5. The highest BCUT2D eigenvalue weighted by atomic mass is 16.5. The third kappa shape index (κ3) is 5.08. The molecule has 30 heavy (non-hydrogen) atoms. The van der Waals surface area contributed by atoms with Crippen molar-refractivity contribution in [3.63, 3.8) is 0 Å². The minimum absolute atomic E-state index is 0.313. The van der Waals surface area contributed by atoms with Gasteiger partial charge in [0.2, 0.25) is 0 Å². The minimum Gasteiger partial charge on any atom is -0.493 e. The summed E-state index contributed by atoms with van der Waals surface area (Å²) in [6.45, 7) is 3.82. The molecular weight excluding hydrogens is 374 g/mol. The lowest BCUT2D eigenvalue weighted by atomic mass is 10.1. The molecule has 3 aromatic carbocycles. The summed E-state index contributed by atoms with van der Waals surface area (Å²) >= 11 is 0. The van der Waals surface area contributed by atoms with Crippen molar-refractivity contribution in [1.29, 1.82) is 0 Å². The lowest BCUT2D eigenvalue weighted by Gasteiger charge is -2.18. The van der Waals surface area contributed by atoms with Crippen LogP contribution in [0.25, 0.3) is 16.8 Å². The second-order valence-electron chi connectivity index (χ2n) is 7.79. The molecule has 0 aromatic heterocycles. The fourth-order valence-electron chi connectivity index (χ4n) is 4.00. The van der Waals surface area contributed by atoms with E-state index in [1.165, 1.54) is 23.8 Å². The zero-order valence-corrected chi connectivity index (χ0v) is 17.1. The Morgan fingerprint density at radius 3 is 2.47 bits per heavy atom. The van der Waals surface area contributed by atoms with E-state index in [1.807, 2.05) is 36.4 Å². The number of hydrogen-bond donors (Lipinski definition) is 1. The first kappa shape index (κ1) is 20.2. The van der Waals surface area contributed by atoms with E-state index in [1.54, 1.807) is 12.1 Å². The Hall–Kier alpha value is -3.11. The lowest BCUT2D eigenvalue weighted by molar-refractivity contribution is 0.0697. The maximum absolute atomic E-state index is 11.1. The van der Waals surface area contributed by atoms with Crippen LogP contribution in [0.15, 0.2) is 72.3 Å². The molecule has 0 spiro atoms. The zero-order chi connectivity index (χ0) is 20.8. The molecule has 0 amide bonds. The van der Waals surface area contributed by atoms with Crippen molar-refractivity contribution >= 4 is 22.8 Å². The summed E-state index contributed by atoms with van der Waals surface area (Å²) in [6, 6.07) is 21.5. The molecule has 1 aliphatic rings. The molecule has 3 aromatic rings. The molecule has 1 saturated heterocycles. The number of rotatable bonds is 8. The molecule has 1 fully saturated rings. The van der Waals surface area contributed by atoms with Gasteiger partial charge in [0, 0.05) is 18.4 Å². The predicted octanol–water partition coefficient (Wildman–Crippen LogP) is 5.49. The van der Waals surface area contributed by atoms with Crippen LogP contribution in [0.3, 0.4) is 0 Å². The molecule has 0 aliphatic carbocycles. The number of fused-ring (bicyclic) bond motifs is 1. The van der Waals surface area contributed by atoms with Gasteiger partial charge in [0.1, 0.15) is 5.75 Å². The molecule has 4 nitrogen and oxygen atoms in total. The molecule has 0 radical (unpaired) electrons. The molecular formula is C26H27NO3. The van der Waals surface area contributed by atoms with Gasteiger partial charge in [-0.15, -0.1) is 0 Å². The quantitative estimate of drug-likeness (QED) is 0.542. The monoisotopic (exact) mass is 401 g/mol. The van der Waals surface area contributed by atoms with E-state index in [9.17, 15) is 4.79 Å². The highest BCUT2D eigenvalue weighted by Gasteiger charge is 2.13. The van der Waals surface area contributed by atoms with Crippen molar-refractivity contribution in [1.82, 2.24) is 4.90 Å². The summed E-state index contributed by atoms with van der Waals surface area (Å²) in [5.41, 5.74) is 2.65. The fourth-order valence-corrected chi connectivity index (χ4v) is 4.00. The van der Waals surface area contributed by atoms with E-state index in [-0.39, 0.29) is 0 Å². The number of ether oxygens (including phenoxy) is 1. The standard InChI is InChI=1S/C26H27NO3/c28-26(29)23-12-10-20(11-13-23)18-21(19-27-15-3-4-16-27)14-17-30-25-9-5-7-22-6-1-2-8-24(22)25/h1-2,5-13,18H,3-4,14-17,19H2,(H,28,29). The van der Waals surface area contributed by atoms with Crippen LogP contribution in [-0.4, -0.2) is 42.2 Å². The van der Waals surface area contributed by atoms with Crippen molar-refractivity contribution in [3.05, 3.63) is 83.4 Å². The Kier molecular flexibility index (Phi) is 6.45. The number of carbonyl (C=O) groups is 1. The summed E-state index contributed by atoms with van der Waals surface area (Å²) < 4.78 is 6.17. The van der Waals surface area contributed by atoms with Gasteiger partial charge >= 0.3 is 5.97 Å². The Bertz CT molecular complexity index is 1030. The van der Waals surface area contributed by atoms with E-state index < -0.39 is 5.97 Å². The van der Waals surface area contributed by atoms with E-state index in [0.717, 1.165) is 42.8 Å². The molecule has 0 atom stereocenters. The van der Waals surface area contributed by atoms with Crippen LogP contribution in [0.1, 0.15) is 35.2 Å². The van der Waals surface area contributed by atoms with Gasteiger partial charge in [-0.05, 0) is 55.1 Å². The van der Waals surface area contributed by atoms with Crippen LogP contribution in [-0.2, 0) is 0 Å². The molecule has 4 heteroatoms. The molecule has 1 heterocycles. The Balaban J connectivity index is 1.47. The molecule has 154 valence electrons. The predicted molar refractivity (Wildman–Crippen MR) is 121 cm³/mol. The van der Waals surface area contributed by atoms with Gasteiger partial charge in [0.05, 0.1) is 12.2 Å². The second-order valence-corrected chi connectivity index (χ2v) is 7.79. The molecule has 4 rings (SSSR count). The lowest BCUT2D eigenvalue weighted by Crippen LogP contribution is -2.22. The maximum Gasteiger partial charge on any atom is 0.335 e. The first-order chi connectivity index (χ1) is 14.7. The maximum atomic E-state index is 11.1. The van der Waals surface area contributed by atoms with Gasteiger partial charge in [-0.2, -0.15) is 0 Å². The Morgan fingerprint density at radius 1 is 0.967 bits per heavy atom. The normalized spacial score (nSPS) is 14.9. The van der Waals surface area contributed by atoms with Crippen molar-refractivity contribution in [2.45, 2.75) is 19.3 Å². The largest absolute Gasteiger partial charge is 0.493 e. The van der Waals surface area contributed by atoms with E-state index >= 15 is 0 Å². The van der Waals surface area contributed by atoms with Crippen molar-refractivity contribution in [2.24, 2.45) is 0 Å². The molecule has 0 bridgehead atoms. The van der Waals surface area contributed by atoms with Crippen LogP contribution in [0.2, 0.25) is 0 Å². The number of nitrogens with zero attached hydrogens (tertiary/aromatic N) is 1. The van der Waals surface area contributed by atoms with Gasteiger partial charge in [-0.25, -0.2) is 4.79 Å². The molecule has 0 saturated carbocycles. The van der Waals surface area contributed by atoms with Crippen molar-refractivity contribution in [2.75, 3.05) is 26.2 Å². The first-order valence-electron chi connectivity index (χ1n) is 10.5. The minimum atomic E-state index is -0.897. The second kappa shape index (κ2) is 9.59. The van der Waals surface area contributed by atoms with E-state index in [4.69, 9.17) is 9.84 Å². The van der Waals surface area contributed by atoms with Gasteiger partial charge in [0.15, 0.2) is 0 Å². The summed E-state index contributed by atoms with van der Waals surface area (Å²) in [7, 11) is 0. The highest BCUT2D eigenvalue weighted by Crippen LogP contribution is 2.26. The van der Waals surface area contributed by atoms with Crippen LogP contribution in [0, 0.1) is 0 Å². The highest BCUT2D eigenvalue weighted by molar-refractivity contribution is 5.88. The van der Waals surface area contributed by atoms with Gasteiger partial charge in [-0.1, -0.05) is 60.2 Å². The molecule has 1 N–H and O–H groups in total. The van der Waals surface area contributed by atoms with Crippen molar-refractivity contribution in [3.8, 4) is 5.75 Å². The summed E-state index contributed by atoms with van der Waals surface area (Å²) in [5, 5.41) is 11.4. The van der Waals surface area contributed by atoms with E-state index in [2.05, 4.69) is 29.2 Å². The van der Waals surface area contributed by atoms with Gasteiger partial charge in [-0.3, -0.25) is 4.90 Å². The number of carboxylic acid groups (broad SMARTS) is 1. The number of benzene rings is 3. The van der Waals surface area contributed by atoms with Crippen LogP contribution in [0.5, 0.6) is 5.75 Å². The van der Waals surface area contributed by atoms with Crippen molar-refractivity contribution < 1.29 is 14.6 Å². The summed E-state index contributed by atoms with van der Waals surface area (Å²) in [4.78, 5) is 13.6. The topological polar surface area (TPSA) is 49.8 Å². The zero-order valence-electron chi connectivity index (χ0n) is 17.1. The summed E-state index contributed by atoms with van der Waals surface area (Å²) in [5.74, 6) is 0.0192. The average Bonchev–Trinajstić information content (AvgIpc) is 3.27. The van der Waals surface area contributed by atoms with E-state index in [0.29, 0.717) is 12.2 Å². The van der Waals surface area contributed by atoms with Crippen LogP contribution in [0.4, 0.5) is 0 Å². The average molecular weight is 402 g/mol. The third-order valence-corrected chi connectivity index (χ3v) is 5.58. The summed E-state index contributed by atoms with van der Waals surface area (Å²) in [6.07, 6.45) is 5.52. The number of carboxylic acids is 1. The Labute approximate surface area is 177 Å². The smallest absolute Gasteiger partial charge is 0.335 e. The third-order valence-electron chi connectivity index (χ3n) is 5.58. The van der Waals surface area contributed by atoms with Crippen LogP contribution < -0.4 is 4.74 Å². The number of likely N-dealkylation sites (tertiary alicyclic amines) is 1. The fraction of sp³-hybridized carbons (Fsp3) is 0.269. The number of hydrogen-bond acceptors (Lipinski definition) is 3. The molecule has 0 unspecified atom stereocenters. The van der Waals surface area contributed by atoms with Crippen LogP contribution >= 0.6 is 0 Å². The molecule has 1 aliphatic heterocycles. The number of aromatic carboxylic acids is 1. The Morgan fingerprint density at radius 2 is 1.70 bits per heavy atom. The van der Waals surface area contributed by atoms with Gasteiger partial charge < -0.3 is 9.84 Å².